The van der Waals surface area contributed by atoms with E-state index in [4.69, 9.17) is 0 Å². The summed E-state index contributed by atoms with van der Waals surface area (Å²) in [5, 5.41) is 23.4. The summed E-state index contributed by atoms with van der Waals surface area (Å²) in [4.78, 5) is 39.1. The molecule has 3 aromatic rings. The van der Waals surface area contributed by atoms with Crippen molar-refractivity contribution in [2.75, 3.05) is 0 Å². The molecular formula is C23H19F2N3O5. The lowest BCUT2D eigenvalue weighted by Gasteiger charge is -2.34. The molecule has 2 heterocycles. The highest BCUT2D eigenvalue weighted by atomic mass is 19.1. The molecule has 1 aromatic heterocycles. The number of hydrogen-bond donors (Lipinski definition) is 3. The number of pyridine rings is 1. The van der Waals surface area contributed by atoms with Crippen molar-refractivity contribution in [2.24, 2.45) is 0 Å². The van der Waals surface area contributed by atoms with Crippen LogP contribution in [0.2, 0.25) is 0 Å². The van der Waals surface area contributed by atoms with Crippen LogP contribution in [0.3, 0.4) is 0 Å². The zero-order chi connectivity index (χ0) is 23.7. The third-order valence-electron chi connectivity index (χ3n) is 5.29. The molecule has 0 aliphatic carbocycles. The minimum atomic E-state index is -1.34. The van der Waals surface area contributed by atoms with Crippen LogP contribution in [0.1, 0.15) is 32.0 Å². The quantitative estimate of drug-likeness (QED) is 0.543. The molecule has 0 saturated heterocycles. The van der Waals surface area contributed by atoms with Crippen LogP contribution in [0.25, 0.3) is 0 Å². The van der Waals surface area contributed by atoms with Gasteiger partial charge in [0.05, 0.1) is 6.54 Å². The summed E-state index contributed by atoms with van der Waals surface area (Å²) < 4.78 is 27.6. The average Bonchev–Trinajstić information content (AvgIpc) is 2.78. The Morgan fingerprint density at radius 1 is 1.06 bits per heavy atom. The lowest BCUT2D eigenvalue weighted by molar-refractivity contribution is -0.0163. The first-order chi connectivity index (χ1) is 15.7. The second-order valence-electron chi connectivity index (χ2n) is 7.57. The lowest BCUT2D eigenvalue weighted by Crippen LogP contribution is -2.48. The molecule has 170 valence electrons. The number of benzene rings is 2. The van der Waals surface area contributed by atoms with Crippen LogP contribution in [0, 0.1) is 11.6 Å². The zero-order valence-electron chi connectivity index (χ0n) is 17.2. The number of carbonyl (C=O) groups is 2. The van der Waals surface area contributed by atoms with Gasteiger partial charge >= 0.3 is 0 Å². The van der Waals surface area contributed by atoms with Crippen molar-refractivity contribution in [3.8, 4) is 5.75 Å². The second-order valence-corrected chi connectivity index (χ2v) is 7.57. The van der Waals surface area contributed by atoms with E-state index in [0.29, 0.717) is 11.1 Å². The summed E-state index contributed by atoms with van der Waals surface area (Å²) in [5.74, 6) is -3.52. The summed E-state index contributed by atoms with van der Waals surface area (Å²) in [7, 11) is 0. The first-order valence-corrected chi connectivity index (χ1v) is 9.97. The first kappa shape index (κ1) is 22.2. The monoisotopic (exact) mass is 455 g/mol. The molecule has 0 spiro atoms. The van der Waals surface area contributed by atoms with Gasteiger partial charge in [-0.15, -0.1) is 0 Å². The summed E-state index contributed by atoms with van der Waals surface area (Å²) >= 11 is 0. The molecule has 1 aliphatic heterocycles. The van der Waals surface area contributed by atoms with Crippen molar-refractivity contribution in [3.05, 3.63) is 99.0 Å². The van der Waals surface area contributed by atoms with Gasteiger partial charge in [-0.25, -0.2) is 8.78 Å². The molecule has 1 aliphatic rings. The fourth-order valence-corrected chi connectivity index (χ4v) is 3.61. The van der Waals surface area contributed by atoms with Gasteiger partial charge in [0.2, 0.25) is 5.43 Å². The molecule has 4 rings (SSSR count). The standard InChI is InChI=1S/C23H19F2N3O5/c24-15-6-4-13(5-7-15)9-26-22(32)17-11-27-12-18(29)28(10-14-2-1-3-16(25)8-14)23(33)19(27)21(31)20(17)30/h1-8,11,18,29,31H,9-10,12H2,(H,26,32). The predicted molar refractivity (Wildman–Crippen MR) is 112 cm³/mol. The van der Waals surface area contributed by atoms with E-state index >= 15 is 0 Å². The Labute approximate surface area is 186 Å². The number of nitrogens with one attached hydrogen (secondary N) is 1. The minimum Gasteiger partial charge on any atom is -0.503 e. The molecule has 0 fully saturated rings. The lowest BCUT2D eigenvalue weighted by atomic mass is 10.1. The SMILES string of the molecule is O=C(NCc1ccc(F)cc1)c1cn2c(c(O)c1=O)C(=O)N(Cc1cccc(F)c1)C(O)C2. The second kappa shape index (κ2) is 8.83. The van der Waals surface area contributed by atoms with Crippen LogP contribution in [0.5, 0.6) is 5.75 Å². The van der Waals surface area contributed by atoms with Gasteiger partial charge in [-0.2, -0.15) is 0 Å². The molecule has 0 saturated carbocycles. The van der Waals surface area contributed by atoms with Crippen LogP contribution < -0.4 is 10.7 Å². The van der Waals surface area contributed by atoms with Gasteiger partial charge in [0.25, 0.3) is 11.8 Å². The Hall–Kier alpha value is -4.05. The Kier molecular flexibility index (Phi) is 5.93. The fourth-order valence-electron chi connectivity index (χ4n) is 3.61. The summed E-state index contributed by atoms with van der Waals surface area (Å²) in [6, 6.07) is 10.9. The number of halogens is 2. The van der Waals surface area contributed by atoms with E-state index in [1.54, 1.807) is 6.07 Å². The Morgan fingerprint density at radius 2 is 1.79 bits per heavy atom. The molecule has 0 bridgehead atoms. The maximum absolute atomic E-state index is 13.5. The number of carbonyl (C=O) groups excluding carboxylic acids is 2. The van der Waals surface area contributed by atoms with Gasteiger partial charge in [0.1, 0.15) is 23.4 Å². The Morgan fingerprint density at radius 3 is 2.48 bits per heavy atom. The summed E-state index contributed by atoms with van der Waals surface area (Å²) in [6.45, 7) is -0.363. The van der Waals surface area contributed by atoms with Crippen LogP contribution in [0.4, 0.5) is 8.78 Å². The zero-order valence-corrected chi connectivity index (χ0v) is 17.2. The highest BCUT2D eigenvalue weighted by Crippen LogP contribution is 2.24. The highest BCUT2D eigenvalue weighted by molar-refractivity contribution is 5.99. The maximum atomic E-state index is 13.5. The van der Waals surface area contributed by atoms with Crippen molar-refractivity contribution in [1.82, 2.24) is 14.8 Å². The first-order valence-electron chi connectivity index (χ1n) is 9.97. The molecule has 2 aromatic carbocycles. The number of aromatic nitrogens is 1. The summed E-state index contributed by atoms with van der Waals surface area (Å²) in [6.07, 6.45) is -0.247. The van der Waals surface area contributed by atoms with E-state index in [2.05, 4.69) is 5.32 Å². The smallest absolute Gasteiger partial charge is 0.276 e. The van der Waals surface area contributed by atoms with E-state index in [9.17, 15) is 33.4 Å². The normalized spacial score (nSPS) is 15.3. The van der Waals surface area contributed by atoms with Crippen molar-refractivity contribution in [2.45, 2.75) is 25.9 Å². The number of aromatic hydroxyl groups is 1. The number of aliphatic hydroxyl groups is 1. The van der Waals surface area contributed by atoms with E-state index in [1.165, 1.54) is 42.5 Å². The van der Waals surface area contributed by atoms with Gasteiger partial charge in [-0.05, 0) is 35.4 Å². The summed E-state index contributed by atoms with van der Waals surface area (Å²) in [5.41, 5.74) is -0.845. The van der Waals surface area contributed by atoms with Crippen molar-refractivity contribution in [1.29, 1.82) is 0 Å². The van der Waals surface area contributed by atoms with Gasteiger partial charge in [0, 0.05) is 19.3 Å². The fraction of sp³-hybridized carbons (Fsp3) is 0.174. The van der Waals surface area contributed by atoms with Crippen molar-refractivity contribution in [3.63, 3.8) is 0 Å². The van der Waals surface area contributed by atoms with E-state index in [0.717, 1.165) is 15.7 Å². The Bertz CT molecular complexity index is 1290. The van der Waals surface area contributed by atoms with Crippen LogP contribution in [-0.2, 0) is 19.6 Å². The van der Waals surface area contributed by atoms with Gasteiger partial charge in [0.15, 0.2) is 11.4 Å². The topological polar surface area (TPSA) is 112 Å². The van der Waals surface area contributed by atoms with Gasteiger partial charge in [-0.3, -0.25) is 14.4 Å². The number of amides is 2. The average molecular weight is 455 g/mol. The molecule has 10 heteroatoms. The molecule has 0 radical (unpaired) electrons. The van der Waals surface area contributed by atoms with E-state index in [-0.39, 0.29) is 25.3 Å². The number of aliphatic hydroxyl groups excluding tert-OH is 1. The maximum Gasteiger partial charge on any atom is 0.276 e. The van der Waals surface area contributed by atoms with E-state index in [1.807, 2.05) is 0 Å². The van der Waals surface area contributed by atoms with E-state index < -0.39 is 46.4 Å². The van der Waals surface area contributed by atoms with Crippen molar-refractivity contribution < 1.29 is 28.6 Å². The van der Waals surface area contributed by atoms with Gasteiger partial charge in [-0.1, -0.05) is 24.3 Å². The van der Waals surface area contributed by atoms with Crippen LogP contribution in [0.15, 0.2) is 59.5 Å². The largest absolute Gasteiger partial charge is 0.503 e. The van der Waals surface area contributed by atoms with Gasteiger partial charge < -0.3 is 25.0 Å². The minimum absolute atomic E-state index is 0.00400. The number of nitrogens with zero attached hydrogens (tertiary/aromatic N) is 2. The third-order valence-corrected chi connectivity index (χ3v) is 5.29. The molecule has 8 nitrogen and oxygen atoms in total. The number of hydrogen-bond acceptors (Lipinski definition) is 5. The van der Waals surface area contributed by atoms with Crippen LogP contribution in [-0.4, -0.2) is 37.7 Å². The Balaban J connectivity index is 1.59. The number of fused-ring (bicyclic) bond motifs is 1. The molecule has 3 N–H and O–H groups in total. The number of rotatable bonds is 5. The molecule has 2 amide bonds. The highest BCUT2D eigenvalue weighted by Gasteiger charge is 2.35. The molecule has 1 atom stereocenters. The molecule has 33 heavy (non-hydrogen) atoms. The molecular weight excluding hydrogens is 436 g/mol. The van der Waals surface area contributed by atoms with Crippen LogP contribution >= 0.6 is 0 Å². The third kappa shape index (κ3) is 4.46. The van der Waals surface area contributed by atoms with Crippen molar-refractivity contribution >= 4 is 11.8 Å². The predicted octanol–water partition coefficient (Wildman–Crippen LogP) is 1.74. The molecule has 1 unspecified atom stereocenters.